The van der Waals surface area contributed by atoms with E-state index in [0.29, 0.717) is 11.3 Å². The van der Waals surface area contributed by atoms with Crippen molar-refractivity contribution in [1.82, 2.24) is 14.2 Å². The number of sulfonamides is 1. The molecule has 9 nitrogen and oxygen atoms in total. The number of benzene rings is 2. The number of hydrogen-bond donors (Lipinski definition) is 1. The van der Waals surface area contributed by atoms with E-state index in [2.05, 4.69) is 37.9 Å². The normalized spacial score (nSPS) is 15.6. The van der Waals surface area contributed by atoms with Gasteiger partial charge in [0.15, 0.2) is 0 Å². The van der Waals surface area contributed by atoms with Gasteiger partial charge in [0, 0.05) is 49.2 Å². The van der Waals surface area contributed by atoms with Gasteiger partial charge in [0.1, 0.15) is 5.69 Å². The fourth-order valence-corrected chi connectivity index (χ4v) is 5.80. The van der Waals surface area contributed by atoms with Gasteiger partial charge in [-0.3, -0.25) is 14.9 Å². The van der Waals surface area contributed by atoms with E-state index < -0.39 is 14.9 Å². The van der Waals surface area contributed by atoms with E-state index in [4.69, 9.17) is 0 Å². The maximum absolute atomic E-state index is 13.2. The lowest BCUT2D eigenvalue weighted by Gasteiger charge is -2.34. The van der Waals surface area contributed by atoms with Gasteiger partial charge in [0.05, 0.1) is 9.82 Å². The quantitative estimate of drug-likeness (QED) is 0.446. The number of aromatic amines is 1. The van der Waals surface area contributed by atoms with Crippen molar-refractivity contribution in [2.24, 2.45) is 0 Å². The minimum atomic E-state index is -3.92. The highest BCUT2D eigenvalue weighted by Gasteiger charge is 2.32. The number of nitro benzene ring substituents is 1. The fraction of sp³-hybridized carbons (Fsp3) is 0.375. The molecule has 1 fully saturated rings. The Morgan fingerprint density at radius 1 is 1.03 bits per heavy atom. The number of carbonyl (C=O) groups excluding carboxylic acids is 1. The van der Waals surface area contributed by atoms with Crippen molar-refractivity contribution in [2.75, 3.05) is 26.2 Å². The predicted molar refractivity (Wildman–Crippen MR) is 129 cm³/mol. The van der Waals surface area contributed by atoms with E-state index in [0.717, 1.165) is 22.5 Å². The molecule has 34 heavy (non-hydrogen) atoms. The first kappa shape index (κ1) is 23.9. The molecule has 3 aromatic rings. The molecule has 0 bridgehead atoms. The Morgan fingerprint density at radius 3 is 2.32 bits per heavy atom. The third-order valence-corrected chi connectivity index (χ3v) is 8.29. The van der Waals surface area contributed by atoms with Crippen LogP contribution in [-0.4, -0.2) is 59.6 Å². The molecule has 1 aliphatic rings. The number of fused-ring (bicyclic) bond motifs is 1. The summed E-state index contributed by atoms with van der Waals surface area (Å²) >= 11 is 0. The summed E-state index contributed by atoms with van der Waals surface area (Å²) in [5, 5.41) is 12.0. The lowest BCUT2D eigenvalue weighted by molar-refractivity contribution is -0.385. The number of rotatable bonds is 4. The summed E-state index contributed by atoms with van der Waals surface area (Å²) in [5.41, 5.74) is 2.67. The predicted octanol–water partition coefficient (Wildman–Crippen LogP) is 3.83. The molecule has 0 atom stereocenters. The van der Waals surface area contributed by atoms with Crippen LogP contribution in [0.25, 0.3) is 10.9 Å². The fourth-order valence-electron chi connectivity index (χ4n) is 4.13. The van der Waals surface area contributed by atoms with Crippen molar-refractivity contribution in [2.45, 2.75) is 38.0 Å². The van der Waals surface area contributed by atoms with Crippen molar-refractivity contribution < 1.29 is 18.1 Å². The summed E-state index contributed by atoms with van der Waals surface area (Å²) in [7, 11) is -3.92. The smallest absolute Gasteiger partial charge is 0.270 e. The van der Waals surface area contributed by atoms with Crippen LogP contribution in [0.15, 0.2) is 47.4 Å². The Labute approximate surface area is 198 Å². The van der Waals surface area contributed by atoms with Crippen LogP contribution in [0.2, 0.25) is 0 Å². The van der Waals surface area contributed by atoms with Crippen LogP contribution < -0.4 is 0 Å². The summed E-state index contributed by atoms with van der Waals surface area (Å²) in [6, 6.07) is 11.7. The van der Waals surface area contributed by atoms with Crippen LogP contribution in [0, 0.1) is 17.0 Å². The first-order valence-corrected chi connectivity index (χ1v) is 12.5. The van der Waals surface area contributed by atoms with E-state index in [9.17, 15) is 23.3 Å². The first-order chi connectivity index (χ1) is 15.9. The van der Waals surface area contributed by atoms with Gasteiger partial charge in [0.25, 0.3) is 11.6 Å². The first-order valence-electron chi connectivity index (χ1n) is 11.1. The minimum absolute atomic E-state index is 0.0111. The van der Waals surface area contributed by atoms with Crippen LogP contribution in [0.4, 0.5) is 5.69 Å². The highest BCUT2D eigenvalue weighted by molar-refractivity contribution is 7.89. The molecule has 1 aliphatic heterocycles. The number of nitrogens with zero attached hydrogens (tertiary/aromatic N) is 3. The van der Waals surface area contributed by atoms with Crippen molar-refractivity contribution in [3.8, 4) is 0 Å². The van der Waals surface area contributed by atoms with E-state index in [1.807, 2.05) is 12.1 Å². The third kappa shape index (κ3) is 4.43. The zero-order valence-electron chi connectivity index (χ0n) is 19.7. The third-order valence-electron chi connectivity index (χ3n) is 6.25. The number of nitrogens with one attached hydrogen (secondary N) is 1. The second kappa shape index (κ2) is 8.52. The number of H-pyrrole nitrogens is 1. The largest absolute Gasteiger partial charge is 0.351 e. The van der Waals surface area contributed by atoms with Gasteiger partial charge < -0.3 is 9.88 Å². The number of nitro groups is 1. The average Bonchev–Trinajstić information content (AvgIpc) is 3.21. The van der Waals surface area contributed by atoms with Crippen molar-refractivity contribution in [3.05, 3.63) is 69.4 Å². The Kier molecular flexibility index (Phi) is 5.99. The van der Waals surface area contributed by atoms with Gasteiger partial charge in [-0.1, -0.05) is 39.0 Å². The van der Waals surface area contributed by atoms with E-state index >= 15 is 0 Å². The minimum Gasteiger partial charge on any atom is -0.351 e. The maximum atomic E-state index is 13.2. The van der Waals surface area contributed by atoms with Gasteiger partial charge in [-0.05, 0) is 35.6 Å². The second-order valence-corrected chi connectivity index (χ2v) is 11.5. The van der Waals surface area contributed by atoms with Crippen LogP contribution in [0.3, 0.4) is 0 Å². The molecule has 1 amide bonds. The summed E-state index contributed by atoms with van der Waals surface area (Å²) in [5.74, 6) is -0.183. The molecule has 10 heteroatoms. The molecule has 180 valence electrons. The average molecular weight is 485 g/mol. The van der Waals surface area contributed by atoms with Gasteiger partial charge in [0.2, 0.25) is 10.0 Å². The monoisotopic (exact) mass is 484 g/mol. The lowest BCUT2D eigenvalue weighted by atomic mass is 9.87. The van der Waals surface area contributed by atoms with Crippen molar-refractivity contribution in [3.63, 3.8) is 0 Å². The lowest BCUT2D eigenvalue weighted by Crippen LogP contribution is -2.50. The number of piperazine rings is 1. The number of hydrogen-bond acceptors (Lipinski definition) is 5. The number of non-ortho nitro benzene ring substituents is 1. The SMILES string of the molecule is Cc1ccc([N+](=O)[O-])cc1S(=O)(=O)N1CCN(C(=O)c2cc3ccc(C(C)(C)C)cc3[nH]2)CC1. The van der Waals surface area contributed by atoms with E-state index in [-0.39, 0.29) is 48.1 Å². The maximum Gasteiger partial charge on any atom is 0.270 e. The molecule has 2 aromatic carbocycles. The molecular formula is C24H28N4O5S. The number of aryl methyl sites for hydroxylation is 1. The van der Waals surface area contributed by atoms with Gasteiger partial charge >= 0.3 is 0 Å². The Hall–Kier alpha value is -3.24. The number of amides is 1. The molecule has 1 saturated heterocycles. The topological polar surface area (TPSA) is 117 Å². The molecule has 0 saturated carbocycles. The van der Waals surface area contributed by atoms with Crippen LogP contribution in [-0.2, 0) is 15.4 Å². The molecule has 2 heterocycles. The molecule has 4 rings (SSSR count). The summed E-state index contributed by atoms with van der Waals surface area (Å²) in [6.07, 6.45) is 0. The summed E-state index contributed by atoms with van der Waals surface area (Å²) in [4.78, 5) is 28.4. The molecule has 0 spiro atoms. The highest BCUT2D eigenvalue weighted by atomic mass is 32.2. The molecule has 0 aliphatic carbocycles. The molecule has 1 aromatic heterocycles. The van der Waals surface area contributed by atoms with Crippen LogP contribution in [0.1, 0.15) is 42.4 Å². The number of aromatic nitrogens is 1. The molecule has 0 unspecified atom stereocenters. The second-order valence-electron chi connectivity index (χ2n) is 9.64. The highest BCUT2D eigenvalue weighted by Crippen LogP contribution is 2.28. The Balaban J connectivity index is 1.50. The molecular weight excluding hydrogens is 456 g/mol. The number of carbonyl (C=O) groups is 1. The van der Waals surface area contributed by atoms with Gasteiger partial charge in [-0.2, -0.15) is 4.31 Å². The summed E-state index contributed by atoms with van der Waals surface area (Å²) < 4.78 is 27.6. The van der Waals surface area contributed by atoms with Gasteiger partial charge in [-0.25, -0.2) is 8.42 Å². The Bertz CT molecular complexity index is 1380. The molecule has 0 radical (unpaired) electrons. The van der Waals surface area contributed by atoms with Crippen LogP contribution in [0.5, 0.6) is 0 Å². The Morgan fingerprint density at radius 2 is 1.71 bits per heavy atom. The zero-order chi connectivity index (χ0) is 24.8. The van der Waals surface area contributed by atoms with E-state index in [1.54, 1.807) is 11.8 Å². The molecule has 1 N–H and O–H groups in total. The van der Waals surface area contributed by atoms with Crippen LogP contribution >= 0.6 is 0 Å². The zero-order valence-corrected chi connectivity index (χ0v) is 20.5. The van der Waals surface area contributed by atoms with Gasteiger partial charge in [-0.15, -0.1) is 0 Å². The van der Waals surface area contributed by atoms with Crippen molar-refractivity contribution in [1.29, 1.82) is 0 Å². The summed E-state index contributed by atoms with van der Waals surface area (Å²) in [6.45, 7) is 8.69. The van der Waals surface area contributed by atoms with Crippen molar-refractivity contribution >= 4 is 32.5 Å². The van der Waals surface area contributed by atoms with E-state index in [1.165, 1.54) is 16.4 Å². The standard InChI is InChI=1S/C24H28N4O5S/c1-16-5-8-19(28(30)31)15-22(16)34(32,33)27-11-9-26(10-12-27)23(29)21-13-17-6-7-18(24(2,3)4)14-20(17)25-21/h5-8,13-15,25H,9-12H2,1-4H3.